The first kappa shape index (κ1) is 19.5. The minimum absolute atomic E-state index is 0.330. The first-order valence-electron chi connectivity index (χ1n) is 8.47. The molecule has 0 atom stereocenters. The van der Waals surface area contributed by atoms with Crippen LogP contribution in [0.25, 0.3) is 0 Å². The molecule has 0 bridgehead atoms. The van der Waals surface area contributed by atoms with E-state index in [-0.39, 0.29) is 0 Å². The third-order valence-electron chi connectivity index (χ3n) is 4.06. The number of nitrogens with zero attached hydrogens (tertiary/aromatic N) is 3. The smallest absolute Gasteiger partial charge is 0.208 e. The number of guanidine groups is 1. The highest BCUT2D eigenvalue weighted by Gasteiger charge is 2.20. The summed E-state index contributed by atoms with van der Waals surface area (Å²) >= 11 is 0. The summed E-state index contributed by atoms with van der Waals surface area (Å²) in [4.78, 5) is 11.0. The van der Waals surface area contributed by atoms with Crippen molar-refractivity contribution in [2.75, 3.05) is 44.4 Å². The molecule has 0 amide bonds. The van der Waals surface area contributed by atoms with Crippen molar-refractivity contribution in [3.05, 3.63) is 23.9 Å². The molecule has 1 fully saturated rings. The fourth-order valence-electron chi connectivity index (χ4n) is 2.71. The number of nitrogens with one attached hydrogen (secondary N) is 3. The van der Waals surface area contributed by atoms with E-state index in [4.69, 9.17) is 0 Å². The molecule has 8 nitrogen and oxygen atoms in total. The van der Waals surface area contributed by atoms with E-state index >= 15 is 0 Å². The van der Waals surface area contributed by atoms with Crippen molar-refractivity contribution in [1.29, 1.82) is 0 Å². The van der Waals surface area contributed by atoms with E-state index in [0.717, 1.165) is 38.0 Å². The third-order valence-corrected chi connectivity index (χ3v) is 4.79. The number of hydrogen-bond acceptors (Lipinski definition) is 5. The molecule has 0 saturated carbocycles. The fourth-order valence-corrected chi connectivity index (χ4v) is 3.18. The van der Waals surface area contributed by atoms with Crippen LogP contribution in [0.5, 0.6) is 0 Å². The Bertz CT molecular complexity index is 666. The minimum Gasteiger partial charge on any atom is -0.356 e. The van der Waals surface area contributed by atoms with Crippen LogP contribution in [0.1, 0.15) is 18.4 Å². The predicted molar refractivity (Wildman–Crippen MR) is 102 cm³/mol. The van der Waals surface area contributed by atoms with Gasteiger partial charge in [-0.1, -0.05) is 6.07 Å². The third kappa shape index (κ3) is 6.87. The van der Waals surface area contributed by atoms with Crippen molar-refractivity contribution in [3.63, 3.8) is 0 Å². The fraction of sp³-hybridized carbons (Fsp3) is 0.625. The zero-order valence-electron chi connectivity index (χ0n) is 15.1. The van der Waals surface area contributed by atoms with Crippen molar-refractivity contribution < 1.29 is 8.42 Å². The van der Waals surface area contributed by atoms with Crippen LogP contribution in [0.15, 0.2) is 23.3 Å². The van der Waals surface area contributed by atoms with Crippen LogP contribution in [-0.4, -0.2) is 64.9 Å². The van der Waals surface area contributed by atoms with Gasteiger partial charge < -0.3 is 15.5 Å². The average Bonchev–Trinajstić information content (AvgIpc) is 2.58. The molecule has 140 valence electrons. The second kappa shape index (κ2) is 9.00. The first-order chi connectivity index (χ1) is 11.9. The highest BCUT2D eigenvalue weighted by atomic mass is 32.2. The summed E-state index contributed by atoms with van der Waals surface area (Å²) in [7, 11) is -1.44. The molecule has 1 aromatic heterocycles. The molecule has 1 aromatic rings. The zero-order chi connectivity index (χ0) is 18.3. The van der Waals surface area contributed by atoms with Crippen LogP contribution in [0.4, 0.5) is 5.82 Å². The number of aryl methyl sites for hydroxylation is 1. The van der Waals surface area contributed by atoms with Crippen LogP contribution in [0, 0.1) is 6.92 Å². The largest absolute Gasteiger partial charge is 0.356 e. The summed E-state index contributed by atoms with van der Waals surface area (Å²) in [5.41, 5.74) is 1.17. The van der Waals surface area contributed by atoms with Gasteiger partial charge in [0.1, 0.15) is 5.82 Å². The number of sulfonamides is 1. The van der Waals surface area contributed by atoms with Gasteiger partial charge >= 0.3 is 0 Å². The van der Waals surface area contributed by atoms with Crippen LogP contribution in [-0.2, 0) is 10.0 Å². The lowest BCUT2D eigenvalue weighted by atomic mass is 10.1. The Balaban J connectivity index is 1.73. The van der Waals surface area contributed by atoms with E-state index in [1.807, 2.05) is 13.1 Å². The number of piperidine rings is 1. The van der Waals surface area contributed by atoms with Crippen molar-refractivity contribution in [2.24, 2.45) is 4.99 Å². The molecular formula is C16H28N6O2S. The van der Waals surface area contributed by atoms with Crippen LogP contribution >= 0.6 is 0 Å². The lowest BCUT2D eigenvalue weighted by Gasteiger charge is -2.33. The number of hydrogen-bond donors (Lipinski definition) is 3. The predicted octanol–water partition coefficient (Wildman–Crippen LogP) is 0.0730. The summed E-state index contributed by atoms with van der Waals surface area (Å²) < 4.78 is 24.5. The molecule has 1 saturated heterocycles. The van der Waals surface area contributed by atoms with Crippen molar-refractivity contribution >= 4 is 21.8 Å². The van der Waals surface area contributed by atoms with Gasteiger partial charge in [0.25, 0.3) is 0 Å². The van der Waals surface area contributed by atoms with Gasteiger partial charge in [0, 0.05) is 45.5 Å². The quantitative estimate of drug-likeness (QED) is 0.373. The molecule has 25 heavy (non-hydrogen) atoms. The maximum atomic E-state index is 11.0. The summed E-state index contributed by atoms with van der Waals surface area (Å²) in [5.74, 6) is 1.72. The molecule has 2 rings (SSSR count). The molecule has 0 unspecified atom stereocenters. The average molecular weight is 369 g/mol. The van der Waals surface area contributed by atoms with Crippen LogP contribution in [0.2, 0.25) is 0 Å². The van der Waals surface area contributed by atoms with Gasteiger partial charge in [0.05, 0.1) is 6.26 Å². The molecule has 1 aliphatic heterocycles. The Morgan fingerprint density at radius 2 is 2.04 bits per heavy atom. The van der Waals surface area contributed by atoms with Gasteiger partial charge in [0.15, 0.2) is 5.96 Å². The molecule has 0 radical (unpaired) electrons. The molecule has 2 heterocycles. The molecule has 9 heteroatoms. The highest BCUT2D eigenvalue weighted by molar-refractivity contribution is 7.88. The minimum atomic E-state index is -3.15. The number of aliphatic imine (C=N–C) groups is 1. The number of rotatable bonds is 6. The van der Waals surface area contributed by atoms with E-state index in [0.29, 0.717) is 25.1 Å². The van der Waals surface area contributed by atoms with E-state index in [9.17, 15) is 8.42 Å². The Labute approximate surface area is 150 Å². The summed E-state index contributed by atoms with van der Waals surface area (Å²) in [5, 5.41) is 6.52. The van der Waals surface area contributed by atoms with E-state index in [2.05, 4.69) is 42.4 Å². The zero-order valence-corrected chi connectivity index (χ0v) is 15.9. The SMILES string of the molecule is CN=C(NCCNS(C)(=O)=O)NC1CCN(c2ccc(C)cn2)CC1. The Kier molecular flexibility index (Phi) is 7.01. The monoisotopic (exact) mass is 368 g/mol. The van der Waals surface area contributed by atoms with Gasteiger partial charge in [-0.05, 0) is 31.4 Å². The van der Waals surface area contributed by atoms with Crippen molar-refractivity contribution in [2.45, 2.75) is 25.8 Å². The number of anilines is 1. The molecule has 1 aliphatic rings. The Hall–Kier alpha value is -1.87. The summed E-state index contributed by atoms with van der Waals surface area (Å²) in [6, 6.07) is 4.50. The van der Waals surface area contributed by atoms with Crippen molar-refractivity contribution in [3.8, 4) is 0 Å². The van der Waals surface area contributed by atoms with Crippen LogP contribution in [0.3, 0.4) is 0 Å². The highest BCUT2D eigenvalue weighted by Crippen LogP contribution is 2.17. The van der Waals surface area contributed by atoms with Gasteiger partial charge in [-0.3, -0.25) is 4.99 Å². The van der Waals surface area contributed by atoms with Crippen LogP contribution < -0.4 is 20.3 Å². The second-order valence-electron chi connectivity index (χ2n) is 6.26. The standard InChI is InChI=1S/C16H28N6O2S/c1-13-4-5-15(19-12-13)22-10-6-14(7-11-22)21-16(17-2)18-8-9-20-25(3,23)24/h4-5,12,14,20H,6-11H2,1-3H3,(H2,17,18,21). The van der Waals surface area contributed by atoms with Gasteiger partial charge in [-0.2, -0.15) is 0 Å². The Morgan fingerprint density at radius 3 is 2.60 bits per heavy atom. The first-order valence-corrected chi connectivity index (χ1v) is 10.4. The molecule has 3 N–H and O–H groups in total. The second-order valence-corrected chi connectivity index (χ2v) is 8.10. The van der Waals surface area contributed by atoms with E-state index < -0.39 is 10.0 Å². The Morgan fingerprint density at radius 1 is 1.32 bits per heavy atom. The van der Waals surface area contributed by atoms with Crippen molar-refractivity contribution in [1.82, 2.24) is 20.3 Å². The molecule has 0 aromatic carbocycles. The molecule has 0 aliphatic carbocycles. The normalized spacial score (nSPS) is 16.8. The van der Waals surface area contributed by atoms with Gasteiger partial charge in [0.2, 0.25) is 10.0 Å². The maximum Gasteiger partial charge on any atom is 0.208 e. The maximum absolute atomic E-state index is 11.0. The van der Waals surface area contributed by atoms with E-state index in [1.54, 1.807) is 7.05 Å². The summed E-state index contributed by atoms with van der Waals surface area (Å²) in [6.07, 6.45) is 5.04. The number of pyridine rings is 1. The lowest BCUT2D eigenvalue weighted by Crippen LogP contribution is -2.49. The number of aromatic nitrogens is 1. The van der Waals surface area contributed by atoms with Gasteiger partial charge in [-0.25, -0.2) is 18.1 Å². The molecule has 0 spiro atoms. The lowest BCUT2D eigenvalue weighted by molar-refractivity contribution is 0.459. The van der Waals surface area contributed by atoms with E-state index in [1.165, 1.54) is 5.56 Å². The van der Waals surface area contributed by atoms with Gasteiger partial charge in [-0.15, -0.1) is 0 Å². The molecular weight excluding hydrogens is 340 g/mol. The summed E-state index contributed by atoms with van der Waals surface area (Å²) in [6.45, 7) is 4.74. The topological polar surface area (TPSA) is 98.7 Å².